The van der Waals surface area contributed by atoms with Crippen molar-refractivity contribution in [3.05, 3.63) is 101 Å². The Morgan fingerprint density at radius 3 is 2.35 bits per heavy atom. The number of benzene rings is 3. The van der Waals surface area contributed by atoms with Gasteiger partial charge in [-0.2, -0.15) is 5.10 Å². The van der Waals surface area contributed by atoms with Crippen LogP contribution in [0.5, 0.6) is 5.75 Å². The Labute approximate surface area is 186 Å². The third-order valence-electron chi connectivity index (χ3n) is 4.34. The summed E-state index contributed by atoms with van der Waals surface area (Å²) >= 11 is 5.22. The Bertz CT molecular complexity index is 1020. The van der Waals surface area contributed by atoms with Crippen LogP contribution in [-0.2, 0) is 17.9 Å². The molecule has 158 valence electrons. The van der Waals surface area contributed by atoms with Gasteiger partial charge in [0.1, 0.15) is 12.4 Å². The number of ether oxygens (including phenoxy) is 2. The average molecular weight is 434 g/mol. The molecule has 0 aromatic heterocycles. The summed E-state index contributed by atoms with van der Waals surface area (Å²) < 4.78 is 10.5. The van der Waals surface area contributed by atoms with Crippen molar-refractivity contribution in [3.8, 4) is 5.75 Å². The summed E-state index contributed by atoms with van der Waals surface area (Å²) in [5.41, 5.74) is 6.33. The van der Waals surface area contributed by atoms with Crippen LogP contribution in [0, 0.1) is 0 Å². The third kappa shape index (κ3) is 7.24. The highest BCUT2D eigenvalue weighted by Gasteiger charge is 2.04. The number of hydrogen-bond acceptors (Lipinski definition) is 5. The summed E-state index contributed by atoms with van der Waals surface area (Å²) in [7, 11) is 1.36. The topological polar surface area (TPSA) is 72.0 Å². The minimum Gasteiger partial charge on any atom is -0.489 e. The van der Waals surface area contributed by atoms with Crippen LogP contribution in [0.2, 0.25) is 0 Å². The van der Waals surface area contributed by atoms with E-state index in [1.54, 1.807) is 18.3 Å². The van der Waals surface area contributed by atoms with Gasteiger partial charge in [0.2, 0.25) is 0 Å². The van der Waals surface area contributed by atoms with Gasteiger partial charge in [-0.3, -0.25) is 5.43 Å². The number of hydrogen-bond donors (Lipinski definition) is 2. The zero-order valence-corrected chi connectivity index (χ0v) is 17.9. The first-order valence-corrected chi connectivity index (χ1v) is 10.1. The third-order valence-corrected chi connectivity index (χ3v) is 4.57. The molecule has 0 aliphatic rings. The lowest BCUT2D eigenvalue weighted by Crippen LogP contribution is -2.31. The fourth-order valence-electron chi connectivity index (χ4n) is 2.65. The minimum atomic E-state index is -0.355. The maximum atomic E-state index is 11.5. The van der Waals surface area contributed by atoms with Crippen molar-refractivity contribution >= 4 is 29.5 Å². The van der Waals surface area contributed by atoms with Crippen molar-refractivity contribution in [3.63, 3.8) is 0 Å². The van der Waals surface area contributed by atoms with E-state index in [0.29, 0.717) is 23.8 Å². The zero-order valence-electron chi connectivity index (χ0n) is 17.1. The van der Waals surface area contributed by atoms with Gasteiger partial charge in [-0.05, 0) is 65.3 Å². The van der Waals surface area contributed by atoms with Crippen molar-refractivity contribution in [2.45, 2.75) is 13.2 Å². The molecule has 0 radical (unpaired) electrons. The van der Waals surface area contributed by atoms with Gasteiger partial charge in [-0.25, -0.2) is 4.79 Å². The SMILES string of the molecule is COC(=O)c1ccc(COc2ccc(/C=N/NC(=S)NCc3ccccc3)cc2)cc1. The number of thiocarbonyl (C=S) groups is 1. The molecule has 0 fully saturated rings. The van der Waals surface area contributed by atoms with Crippen molar-refractivity contribution in [1.29, 1.82) is 0 Å². The largest absolute Gasteiger partial charge is 0.489 e. The quantitative estimate of drug-likeness (QED) is 0.242. The van der Waals surface area contributed by atoms with Gasteiger partial charge < -0.3 is 14.8 Å². The highest BCUT2D eigenvalue weighted by Crippen LogP contribution is 2.14. The molecule has 3 aromatic rings. The molecule has 31 heavy (non-hydrogen) atoms. The van der Waals surface area contributed by atoms with Crippen LogP contribution in [0.15, 0.2) is 84.0 Å². The molecular formula is C24H23N3O3S. The Kier molecular flexibility index (Phi) is 8.13. The Hall–Kier alpha value is -3.71. The summed E-state index contributed by atoms with van der Waals surface area (Å²) in [4.78, 5) is 11.5. The van der Waals surface area contributed by atoms with Gasteiger partial charge in [0.05, 0.1) is 18.9 Å². The summed E-state index contributed by atoms with van der Waals surface area (Å²) in [5, 5.41) is 7.71. The first kappa shape index (κ1) is 22.0. The second-order valence-electron chi connectivity index (χ2n) is 6.58. The molecule has 0 heterocycles. The first-order valence-electron chi connectivity index (χ1n) is 9.65. The van der Waals surface area contributed by atoms with E-state index < -0.39 is 0 Å². The molecule has 3 aromatic carbocycles. The summed E-state index contributed by atoms with van der Waals surface area (Å²) in [6.07, 6.45) is 1.69. The Balaban J connectivity index is 1.42. The molecule has 0 amide bonds. The van der Waals surface area contributed by atoms with Crippen molar-refractivity contribution in [2.24, 2.45) is 5.10 Å². The molecular weight excluding hydrogens is 410 g/mol. The molecule has 7 heteroatoms. The number of methoxy groups -OCH3 is 1. The maximum absolute atomic E-state index is 11.5. The van der Waals surface area contributed by atoms with Crippen LogP contribution < -0.4 is 15.5 Å². The monoisotopic (exact) mass is 433 g/mol. The number of nitrogens with zero attached hydrogens (tertiary/aromatic N) is 1. The van der Waals surface area contributed by atoms with Crippen LogP contribution >= 0.6 is 12.2 Å². The number of carbonyl (C=O) groups excluding carboxylic acids is 1. The van der Waals surface area contributed by atoms with Crippen molar-refractivity contribution in [2.75, 3.05) is 7.11 Å². The van der Waals surface area contributed by atoms with Gasteiger partial charge in [-0.15, -0.1) is 0 Å². The van der Waals surface area contributed by atoms with Gasteiger partial charge >= 0.3 is 5.97 Å². The lowest BCUT2D eigenvalue weighted by Gasteiger charge is -2.08. The molecule has 0 saturated heterocycles. The second-order valence-corrected chi connectivity index (χ2v) is 6.99. The van der Waals surface area contributed by atoms with Crippen LogP contribution in [0.4, 0.5) is 0 Å². The molecule has 2 N–H and O–H groups in total. The minimum absolute atomic E-state index is 0.355. The lowest BCUT2D eigenvalue weighted by molar-refractivity contribution is 0.0600. The summed E-state index contributed by atoms with van der Waals surface area (Å²) in [5.74, 6) is 0.383. The number of hydrazone groups is 1. The van der Waals surface area contributed by atoms with E-state index >= 15 is 0 Å². The molecule has 3 rings (SSSR count). The van der Waals surface area contributed by atoms with Gasteiger partial charge in [0.15, 0.2) is 5.11 Å². The molecule has 0 spiro atoms. The number of rotatable bonds is 8. The fourth-order valence-corrected chi connectivity index (χ4v) is 2.78. The van der Waals surface area contributed by atoms with Gasteiger partial charge in [0.25, 0.3) is 0 Å². The number of esters is 1. The lowest BCUT2D eigenvalue weighted by atomic mass is 10.1. The zero-order chi connectivity index (χ0) is 21.9. The average Bonchev–Trinajstić information content (AvgIpc) is 2.83. The highest BCUT2D eigenvalue weighted by atomic mass is 32.1. The normalized spacial score (nSPS) is 10.5. The molecule has 0 bridgehead atoms. The summed E-state index contributed by atoms with van der Waals surface area (Å²) in [6.45, 7) is 1.04. The number of nitrogens with one attached hydrogen (secondary N) is 2. The highest BCUT2D eigenvalue weighted by molar-refractivity contribution is 7.80. The van der Waals surface area contributed by atoms with Crippen LogP contribution in [0.1, 0.15) is 27.0 Å². The Morgan fingerprint density at radius 1 is 0.968 bits per heavy atom. The maximum Gasteiger partial charge on any atom is 0.337 e. The predicted octanol–water partition coefficient (Wildman–Crippen LogP) is 4.05. The molecule has 6 nitrogen and oxygen atoms in total. The van der Waals surface area contributed by atoms with Crippen molar-refractivity contribution < 1.29 is 14.3 Å². The molecule has 0 aliphatic carbocycles. The molecule has 0 saturated carbocycles. The fraction of sp³-hybridized carbons (Fsp3) is 0.125. The van der Waals surface area contributed by atoms with E-state index in [1.807, 2.05) is 66.7 Å². The first-order chi connectivity index (χ1) is 15.1. The van der Waals surface area contributed by atoms with E-state index in [-0.39, 0.29) is 5.97 Å². The Morgan fingerprint density at radius 2 is 1.68 bits per heavy atom. The van der Waals surface area contributed by atoms with Gasteiger partial charge in [0, 0.05) is 6.54 Å². The van der Waals surface area contributed by atoms with Crippen LogP contribution in [0.25, 0.3) is 0 Å². The van der Waals surface area contributed by atoms with E-state index in [9.17, 15) is 4.79 Å². The van der Waals surface area contributed by atoms with E-state index in [4.69, 9.17) is 21.7 Å². The second kappa shape index (κ2) is 11.5. The van der Waals surface area contributed by atoms with Crippen molar-refractivity contribution in [1.82, 2.24) is 10.7 Å². The van der Waals surface area contributed by atoms with Gasteiger partial charge in [-0.1, -0.05) is 42.5 Å². The van der Waals surface area contributed by atoms with E-state index in [0.717, 1.165) is 22.4 Å². The van der Waals surface area contributed by atoms with E-state index in [1.165, 1.54) is 7.11 Å². The van der Waals surface area contributed by atoms with Crippen LogP contribution in [-0.4, -0.2) is 24.4 Å². The van der Waals surface area contributed by atoms with Crippen LogP contribution in [0.3, 0.4) is 0 Å². The smallest absolute Gasteiger partial charge is 0.337 e. The predicted molar refractivity (Wildman–Crippen MR) is 125 cm³/mol. The summed E-state index contributed by atoms with van der Waals surface area (Å²) in [6, 6.07) is 24.7. The standard InChI is InChI=1S/C24H23N3O3S/c1-29-23(28)21-11-7-20(8-12-21)17-30-22-13-9-19(10-14-22)16-26-27-24(31)25-15-18-5-3-2-4-6-18/h2-14,16H,15,17H2,1H3,(H2,25,27,31)/b26-16+. The molecule has 0 aliphatic heterocycles. The molecule has 0 atom stereocenters. The number of carbonyl (C=O) groups is 1. The molecule has 0 unspecified atom stereocenters. The van der Waals surface area contributed by atoms with E-state index in [2.05, 4.69) is 15.8 Å².